The average Bonchev–Trinajstić information content (AvgIpc) is 3.46. The zero-order valence-corrected chi connectivity index (χ0v) is 16.7. The number of ether oxygens (including phenoxy) is 1. The smallest absolute Gasteiger partial charge is 0.277 e. The van der Waals surface area contributed by atoms with E-state index in [-0.39, 0.29) is 18.1 Å². The lowest BCUT2D eigenvalue weighted by Gasteiger charge is -2.26. The molecule has 0 atom stereocenters. The van der Waals surface area contributed by atoms with Crippen LogP contribution in [-0.4, -0.2) is 76.5 Å². The summed E-state index contributed by atoms with van der Waals surface area (Å²) >= 11 is 0. The molecule has 0 spiro atoms. The predicted molar refractivity (Wildman–Crippen MR) is 105 cm³/mol. The second-order valence-corrected chi connectivity index (χ2v) is 7.81. The summed E-state index contributed by atoms with van der Waals surface area (Å²) in [6.45, 7) is 6.48. The molecule has 2 saturated heterocycles. The average molecular weight is 401 g/mol. The van der Waals surface area contributed by atoms with E-state index < -0.39 is 11.8 Å². The van der Waals surface area contributed by atoms with Gasteiger partial charge in [-0.05, 0) is 25.3 Å². The summed E-state index contributed by atoms with van der Waals surface area (Å²) in [6.07, 6.45) is 6.65. The van der Waals surface area contributed by atoms with Crippen LogP contribution in [0.5, 0.6) is 0 Å². The topological polar surface area (TPSA) is 96.8 Å². The number of imidazole rings is 1. The van der Waals surface area contributed by atoms with Gasteiger partial charge in [0.2, 0.25) is 11.8 Å². The Hall–Kier alpha value is -2.52. The summed E-state index contributed by atoms with van der Waals surface area (Å²) < 4.78 is 7.56. The molecule has 3 amide bonds. The van der Waals surface area contributed by atoms with Gasteiger partial charge in [0.15, 0.2) is 0 Å². The second kappa shape index (κ2) is 8.46. The molecule has 9 heteroatoms. The van der Waals surface area contributed by atoms with Crippen molar-refractivity contribution in [2.24, 2.45) is 0 Å². The van der Waals surface area contributed by atoms with Gasteiger partial charge in [0.1, 0.15) is 12.2 Å². The number of aryl methyl sites for hydroxylation is 1. The van der Waals surface area contributed by atoms with Gasteiger partial charge in [-0.3, -0.25) is 24.2 Å². The first-order valence-electron chi connectivity index (χ1n) is 10.2. The Labute approximate surface area is 169 Å². The van der Waals surface area contributed by atoms with Gasteiger partial charge in [-0.1, -0.05) is 0 Å². The molecule has 0 bridgehead atoms. The summed E-state index contributed by atoms with van der Waals surface area (Å²) in [4.78, 5) is 44.0. The molecule has 1 aliphatic carbocycles. The van der Waals surface area contributed by atoms with E-state index in [1.807, 2.05) is 6.33 Å². The van der Waals surface area contributed by atoms with Gasteiger partial charge in [0.25, 0.3) is 5.91 Å². The highest BCUT2D eigenvalue weighted by molar-refractivity contribution is 6.12. The zero-order chi connectivity index (χ0) is 20.4. The molecule has 3 aliphatic rings. The maximum absolute atomic E-state index is 12.5. The maximum Gasteiger partial charge on any atom is 0.277 e. The normalized spacial score (nSPS) is 22.2. The fourth-order valence-electron chi connectivity index (χ4n) is 3.88. The lowest BCUT2D eigenvalue weighted by atomic mass is 10.1. The van der Waals surface area contributed by atoms with Crippen LogP contribution in [-0.2, 0) is 25.7 Å². The van der Waals surface area contributed by atoms with Gasteiger partial charge in [-0.25, -0.2) is 4.98 Å². The molecule has 9 nitrogen and oxygen atoms in total. The zero-order valence-electron chi connectivity index (χ0n) is 16.7. The Morgan fingerprint density at radius 1 is 1.28 bits per heavy atom. The number of morpholine rings is 1. The fraction of sp³-hybridized carbons (Fsp3) is 0.600. The maximum atomic E-state index is 12.5. The van der Waals surface area contributed by atoms with Crippen molar-refractivity contribution in [3.8, 4) is 0 Å². The van der Waals surface area contributed by atoms with Crippen LogP contribution >= 0.6 is 0 Å². The SMILES string of the molecule is CC(=O)N1CC(=O)N/C(=C\c2ncn(CCCN3CCOCC3)c2C2CC2)C1=O. The minimum atomic E-state index is -0.485. The third-order valence-corrected chi connectivity index (χ3v) is 5.56. The number of carbonyl (C=O) groups is 3. The van der Waals surface area contributed by atoms with Crippen molar-refractivity contribution >= 4 is 23.8 Å². The van der Waals surface area contributed by atoms with Crippen molar-refractivity contribution in [2.75, 3.05) is 39.4 Å². The van der Waals surface area contributed by atoms with E-state index in [9.17, 15) is 14.4 Å². The van der Waals surface area contributed by atoms with Crippen molar-refractivity contribution in [3.63, 3.8) is 0 Å². The molecular formula is C20H27N5O4. The lowest BCUT2D eigenvalue weighted by molar-refractivity contribution is -0.147. The summed E-state index contributed by atoms with van der Waals surface area (Å²) in [7, 11) is 0. The number of rotatable bonds is 6. The van der Waals surface area contributed by atoms with Crippen LogP contribution < -0.4 is 5.32 Å². The van der Waals surface area contributed by atoms with E-state index in [4.69, 9.17) is 4.74 Å². The molecule has 29 heavy (non-hydrogen) atoms. The summed E-state index contributed by atoms with van der Waals surface area (Å²) in [6, 6.07) is 0. The highest BCUT2D eigenvalue weighted by Crippen LogP contribution is 2.42. The Balaban J connectivity index is 1.49. The van der Waals surface area contributed by atoms with Crippen LogP contribution in [0, 0.1) is 0 Å². The van der Waals surface area contributed by atoms with Crippen molar-refractivity contribution in [1.29, 1.82) is 0 Å². The van der Waals surface area contributed by atoms with Crippen LogP contribution in [0.1, 0.15) is 43.5 Å². The minimum Gasteiger partial charge on any atom is -0.379 e. The van der Waals surface area contributed by atoms with Crippen molar-refractivity contribution < 1.29 is 19.1 Å². The van der Waals surface area contributed by atoms with Crippen LogP contribution in [0.2, 0.25) is 0 Å². The molecule has 0 radical (unpaired) electrons. The molecule has 1 saturated carbocycles. The summed E-state index contributed by atoms with van der Waals surface area (Å²) in [5, 5.41) is 2.59. The number of piperazine rings is 1. The summed E-state index contributed by atoms with van der Waals surface area (Å²) in [5.74, 6) is -0.859. The van der Waals surface area contributed by atoms with E-state index >= 15 is 0 Å². The van der Waals surface area contributed by atoms with Crippen molar-refractivity contribution in [2.45, 2.75) is 38.6 Å². The quantitative estimate of drug-likeness (QED) is 0.690. The van der Waals surface area contributed by atoms with Gasteiger partial charge in [0, 0.05) is 44.7 Å². The van der Waals surface area contributed by atoms with Gasteiger partial charge in [-0.15, -0.1) is 0 Å². The number of aromatic nitrogens is 2. The standard InChI is InChI=1S/C20H27N5O4/c1-14(26)25-12-18(27)22-17(20(25)28)11-16-19(15-3-4-15)24(13-21-16)6-2-5-23-7-9-29-10-8-23/h11,13,15H,2-10,12H2,1H3,(H,22,27)/b17-11-. The molecule has 156 valence electrons. The van der Waals surface area contributed by atoms with Gasteiger partial charge in [-0.2, -0.15) is 0 Å². The molecule has 3 heterocycles. The van der Waals surface area contributed by atoms with Crippen molar-refractivity contribution in [1.82, 2.24) is 24.7 Å². The number of nitrogens with one attached hydrogen (secondary N) is 1. The van der Waals surface area contributed by atoms with Crippen LogP contribution in [0.3, 0.4) is 0 Å². The number of hydrogen-bond acceptors (Lipinski definition) is 6. The first-order chi connectivity index (χ1) is 14.0. The van der Waals surface area contributed by atoms with E-state index in [2.05, 4.69) is 19.8 Å². The van der Waals surface area contributed by atoms with Crippen molar-refractivity contribution in [3.05, 3.63) is 23.4 Å². The lowest BCUT2D eigenvalue weighted by Crippen LogP contribution is -2.51. The van der Waals surface area contributed by atoms with Gasteiger partial charge in [0.05, 0.1) is 25.2 Å². The largest absolute Gasteiger partial charge is 0.379 e. The Bertz CT molecular complexity index is 836. The third-order valence-electron chi connectivity index (χ3n) is 5.56. The number of imide groups is 1. The van der Waals surface area contributed by atoms with E-state index in [0.29, 0.717) is 11.6 Å². The molecule has 3 fully saturated rings. The highest BCUT2D eigenvalue weighted by atomic mass is 16.5. The number of carbonyl (C=O) groups excluding carboxylic acids is 3. The minimum absolute atomic E-state index is 0.108. The number of amides is 3. The van der Waals surface area contributed by atoms with E-state index in [1.165, 1.54) is 6.92 Å². The number of hydrogen-bond donors (Lipinski definition) is 1. The molecule has 2 aliphatic heterocycles. The Morgan fingerprint density at radius 3 is 2.72 bits per heavy atom. The van der Waals surface area contributed by atoms with E-state index in [1.54, 1.807) is 6.08 Å². The molecule has 4 rings (SSSR count). The first kappa shape index (κ1) is 19.8. The molecule has 1 aromatic rings. The summed E-state index contributed by atoms with van der Waals surface area (Å²) in [5.41, 5.74) is 1.92. The Morgan fingerprint density at radius 2 is 2.03 bits per heavy atom. The van der Waals surface area contributed by atoms with Crippen LogP contribution in [0.4, 0.5) is 0 Å². The first-order valence-corrected chi connectivity index (χ1v) is 10.2. The predicted octanol–water partition coefficient (Wildman–Crippen LogP) is 0.329. The van der Waals surface area contributed by atoms with Gasteiger partial charge < -0.3 is 14.6 Å². The molecule has 1 N–H and O–H groups in total. The van der Waals surface area contributed by atoms with E-state index in [0.717, 1.165) is 69.2 Å². The molecule has 0 unspecified atom stereocenters. The Kier molecular flexibility index (Phi) is 5.77. The molecule has 0 aromatic carbocycles. The van der Waals surface area contributed by atoms with Gasteiger partial charge >= 0.3 is 0 Å². The number of nitrogens with zero attached hydrogens (tertiary/aromatic N) is 4. The van der Waals surface area contributed by atoms with Crippen LogP contribution in [0.25, 0.3) is 6.08 Å². The molecule has 1 aromatic heterocycles. The highest BCUT2D eigenvalue weighted by Gasteiger charge is 2.33. The monoisotopic (exact) mass is 401 g/mol. The molecular weight excluding hydrogens is 374 g/mol. The second-order valence-electron chi connectivity index (χ2n) is 7.81. The third kappa shape index (κ3) is 4.56. The van der Waals surface area contributed by atoms with Crippen LogP contribution in [0.15, 0.2) is 12.0 Å². The fourth-order valence-corrected chi connectivity index (χ4v) is 3.88.